The number of halogens is 2. The van der Waals surface area contributed by atoms with Crippen molar-refractivity contribution in [3.8, 4) is 0 Å². The first kappa shape index (κ1) is 17.4. The molecule has 0 aliphatic rings. The molecule has 0 unspecified atom stereocenters. The van der Waals surface area contributed by atoms with Gasteiger partial charge >= 0.3 is 0 Å². The second kappa shape index (κ2) is 9.32. The van der Waals surface area contributed by atoms with Crippen LogP contribution in [-0.4, -0.2) is 22.7 Å². The molecule has 0 atom stereocenters. The van der Waals surface area contributed by atoms with Crippen molar-refractivity contribution in [2.45, 2.75) is 20.0 Å². The molecule has 2 aromatic rings. The summed E-state index contributed by atoms with van der Waals surface area (Å²) < 4.78 is 12.8. The number of guanidine groups is 1. The first-order chi connectivity index (χ1) is 9.78. The Morgan fingerprint density at radius 1 is 1.24 bits per heavy atom. The molecule has 1 aromatic heterocycles. The molecule has 21 heavy (non-hydrogen) atoms. The highest BCUT2D eigenvalue weighted by Gasteiger charge is 1.99. The van der Waals surface area contributed by atoms with Gasteiger partial charge in [0.2, 0.25) is 0 Å². The molecule has 0 aliphatic carbocycles. The molecule has 7 heteroatoms. The van der Waals surface area contributed by atoms with E-state index in [4.69, 9.17) is 0 Å². The molecule has 0 saturated carbocycles. The lowest BCUT2D eigenvalue weighted by atomic mass is 10.2. The van der Waals surface area contributed by atoms with E-state index in [1.807, 2.05) is 13.0 Å². The van der Waals surface area contributed by atoms with E-state index in [1.165, 1.54) is 12.1 Å². The van der Waals surface area contributed by atoms with Crippen LogP contribution in [0.2, 0.25) is 0 Å². The van der Waals surface area contributed by atoms with Crippen LogP contribution in [0.3, 0.4) is 0 Å². The van der Waals surface area contributed by atoms with Gasteiger partial charge in [-0.3, -0.25) is 5.10 Å². The van der Waals surface area contributed by atoms with E-state index >= 15 is 0 Å². The summed E-state index contributed by atoms with van der Waals surface area (Å²) in [7, 11) is 0. The summed E-state index contributed by atoms with van der Waals surface area (Å²) in [6, 6.07) is 8.25. The molecule has 0 amide bonds. The quantitative estimate of drug-likeness (QED) is 0.408. The molecular weight excluding hydrogens is 384 g/mol. The van der Waals surface area contributed by atoms with Crippen LogP contribution in [0, 0.1) is 5.82 Å². The first-order valence-corrected chi connectivity index (χ1v) is 6.53. The van der Waals surface area contributed by atoms with Crippen LogP contribution in [0.15, 0.2) is 41.5 Å². The second-order valence-electron chi connectivity index (χ2n) is 4.26. The number of aromatic nitrogens is 2. The molecule has 0 aliphatic heterocycles. The fourth-order valence-electron chi connectivity index (χ4n) is 1.66. The summed E-state index contributed by atoms with van der Waals surface area (Å²) in [6.07, 6.45) is 1.71. The van der Waals surface area contributed by atoms with Gasteiger partial charge in [0.15, 0.2) is 5.96 Å². The minimum Gasteiger partial charge on any atom is -0.357 e. The van der Waals surface area contributed by atoms with Crippen molar-refractivity contribution in [3.05, 3.63) is 53.6 Å². The van der Waals surface area contributed by atoms with E-state index in [2.05, 4.69) is 25.8 Å². The highest BCUT2D eigenvalue weighted by molar-refractivity contribution is 14.0. The van der Waals surface area contributed by atoms with Crippen LogP contribution < -0.4 is 10.6 Å². The zero-order valence-corrected chi connectivity index (χ0v) is 14.1. The van der Waals surface area contributed by atoms with E-state index in [0.29, 0.717) is 19.0 Å². The predicted octanol–water partition coefficient (Wildman–Crippen LogP) is 2.42. The lowest BCUT2D eigenvalue weighted by Gasteiger charge is -2.10. The van der Waals surface area contributed by atoms with Gasteiger partial charge in [-0.15, -0.1) is 24.0 Å². The summed E-state index contributed by atoms with van der Waals surface area (Å²) in [4.78, 5) is 4.45. The Hall–Kier alpha value is -1.64. The van der Waals surface area contributed by atoms with Gasteiger partial charge in [-0.25, -0.2) is 9.38 Å². The molecule has 0 fully saturated rings. The number of hydrogen-bond acceptors (Lipinski definition) is 2. The minimum atomic E-state index is -0.234. The van der Waals surface area contributed by atoms with Crippen molar-refractivity contribution in [3.63, 3.8) is 0 Å². The summed E-state index contributed by atoms with van der Waals surface area (Å²) in [5.74, 6) is 0.480. The van der Waals surface area contributed by atoms with Gasteiger partial charge in [0, 0.05) is 12.7 Å². The highest BCUT2D eigenvalue weighted by Crippen LogP contribution is 2.03. The molecule has 1 aromatic carbocycles. The summed E-state index contributed by atoms with van der Waals surface area (Å²) >= 11 is 0. The third-order valence-electron chi connectivity index (χ3n) is 2.68. The van der Waals surface area contributed by atoms with E-state index in [0.717, 1.165) is 17.8 Å². The van der Waals surface area contributed by atoms with Crippen molar-refractivity contribution in [1.82, 2.24) is 20.8 Å². The summed E-state index contributed by atoms with van der Waals surface area (Å²) in [5, 5.41) is 13.1. The van der Waals surface area contributed by atoms with Crippen LogP contribution in [0.1, 0.15) is 18.2 Å². The standard InChI is InChI=1S/C14H18FN5.HI/c1-2-16-14(18-10-13-7-8-19-20-13)17-9-11-3-5-12(15)6-4-11;/h3-8H,2,9-10H2,1H3,(H,19,20)(H2,16,17,18);1H. The Morgan fingerprint density at radius 2 is 2.00 bits per heavy atom. The normalized spacial score (nSPS) is 10.9. The number of nitrogens with one attached hydrogen (secondary N) is 3. The van der Waals surface area contributed by atoms with Gasteiger partial charge < -0.3 is 10.6 Å². The fraction of sp³-hybridized carbons (Fsp3) is 0.286. The van der Waals surface area contributed by atoms with Gasteiger partial charge in [-0.2, -0.15) is 5.10 Å². The van der Waals surface area contributed by atoms with E-state index in [1.54, 1.807) is 18.3 Å². The Balaban J connectivity index is 0.00000220. The topological polar surface area (TPSA) is 65.1 Å². The lowest BCUT2D eigenvalue weighted by molar-refractivity contribution is 0.627. The minimum absolute atomic E-state index is 0. The molecule has 0 saturated heterocycles. The van der Waals surface area contributed by atoms with Crippen molar-refractivity contribution in [2.75, 3.05) is 6.54 Å². The predicted molar refractivity (Wildman–Crippen MR) is 92.1 cm³/mol. The van der Waals surface area contributed by atoms with Gasteiger partial charge in [0.25, 0.3) is 0 Å². The average Bonchev–Trinajstić information content (AvgIpc) is 2.97. The zero-order chi connectivity index (χ0) is 14.2. The smallest absolute Gasteiger partial charge is 0.191 e. The molecule has 1 heterocycles. The number of rotatable bonds is 5. The number of aromatic amines is 1. The van der Waals surface area contributed by atoms with Crippen LogP contribution in [0.25, 0.3) is 0 Å². The molecule has 3 N–H and O–H groups in total. The molecule has 2 rings (SSSR count). The largest absolute Gasteiger partial charge is 0.357 e. The van der Waals surface area contributed by atoms with E-state index < -0.39 is 0 Å². The van der Waals surface area contributed by atoms with Gasteiger partial charge in [-0.1, -0.05) is 12.1 Å². The summed E-state index contributed by atoms with van der Waals surface area (Å²) in [6.45, 7) is 3.90. The molecule has 0 spiro atoms. The van der Waals surface area contributed by atoms with Crippen LogP contribution in [0.5, 0.6) is 0 Å². The molecular formula is C14H19FIN5. The Labute approximate surface area is 140 Å². The lowest BCUT2D eigenvalue weighted by Crippen LogP contribution is -2.36. The van der Waals surface area contributed by atoms with Crippen molar-refractivity contribution < 1.29 is 4.39 Å². The summed E-state index contributed by atoms with van der Waals surface area (Å²) in [5.41, 5.74) is 1.95. The third kappa shape index (κ3) is 6.11. The highest BCUT2D eigenvalue weighted by atomic mass is 127. The van der Waals surface area contributed by atoms with Gasteiger partial charge in [-0.05, 0) is 30.7 Å². The van der Waals surface area contributed by atoms with Crippen molar-refractivity contribution >= 4 is 29.9 Å². The number of H-pyrrole nitrogens is 1. The number of aliphatic imine (C=N–C) groups is 1. The van der Waals surface area contributed by atoms with Crippen LogP contribution >= 0.6 is 24.0 Å². The molecule has 5 nitrogen and oxygen atoms in total. The maximum Gasteiger partial charge on any atom is 0.191 e. The fourth-order valence-corrected chi connectivity index (χ4v) is 1.66. The van der Waals surface area contributed by atoms with Gasteiger partial charge in [0.1, 0.15) is 5.82 Å². The van der Waals surface area contributed by atoms with Crippen LogP contribution in [0.4, 0.5) is 4.39 Å². The average molecular weight is 403 g/mol. The molecule has 0 radical (unpaired) electrons. The monoisotopic (exact) mass is 403 g/mol. The van der Waals surface area contributed by atoms with Gasteiger partial charge in [0.05, 0.1) is 18.8 Å². The SMILES string of the molecule is CCNC(=NCc1ccc(F)cc1)NCc1ccn[nH]1.I. The van der Waals surface area contributed by atoms with Crippen LogP contribution in [-0.2, 0) is 13.1 Å². The second-order valence-corrected chi connectivity index (χ2v) is 4.26. The zero-order valence-electron chi connectivity index (χ0n) is 11.8. The third-order valence-corrected chi connectivity index (χ3v) is 2.68. The Kier molecular flexibility index (Phi) is 7.73. The maximum atomic E-state index is 12.8. The Bertz CT molecular complexity index is 539. The van der Waals surface area contributed by atoms with Crippen molar-refractivity contribution in [1.29, 1.82) is 0 Å². The van der Waals surface area contributed by atoms with Crippen molar-refractivity contribution in [2.24, 2.45) is 4.99 Å². The molecule has 114 valence electrons. The number of nitrogens with zero attached hydrogens (tertiary/aromatic N) is 2. The maximum absolute atomic E-state index is 12.8. The first-order valence-electron chi connectivity index (χ1n) is 6.53. The number of hydrogen-bond donors (Lipinski definition) is 3. The number of benzene rings is 1. The Morgan fingerprint density at radius 3 is 2.62 bits per heavy atom. The van der Waals surface area contributed by atoms with E-state index in [9.17, 15) is 4.39 Å². The molecule has 0 bridgehead atoms. The van der Waals surface area contributed by atoms with E-state index in [-0.39, 0.29) is 29.8 Å².